The first-order chi connectivity index (χ1) is 7.20. The number of rotatable bonds is 1. The van der Waals surface area contributed by atoms with Crippen molar-refractivity contribution in [3.63, 3.8) is 0 Å². The number of nitrogen functional groups attached to an aromatic ring is 2. The van der Waals surface area contributed by atoms with E-state index in [0.717, 1.165) is 11.1 Å². The number of benzene rings is 2. The van der Waals surface area contributed by atoms with Gasteiger partial charge >= 0.3 is 0 Å². The van der Waals surface area contributed by atoms with Gasteiger partial charge in [0.2, 0.25) is 0 Å². The van der Waals surface area contributed by atoms with E-state index < -0.39 is 0 Å². The molecule has 0 spiro atoms. The van der Waals surface area contributed by atoms with E-state index >= 15 is 0 Å². The van der Waals surface area contributed by atoms with Crippen LogP contribution in [-0.4, -0.2) is 0 Å². The monoisotopic (exact) mass is 218 g/mol. The highest BCUT2D eigenvalue weighted by Crippen LogP contribution is 2.36. The van der Waals surface area contributed by atoms with E-state index in [0.29, 0.717) is 16.4 Å². The molecule has 0 atom stereocenters. The lowest BCUT2D eigenvalue weighted by Gasteiger charge is -2.10. The molecule has 2 rings (SSSR count). The predicted octanol–water partition coefficient (Wildman–Crippen LogP) is 3.17. The lowest BCUT2D eigenvalue weighted by Crippen LogP contribution is -1.97. The second-order valence-electron chi connectivity index (χ2n) is 3.29. The fourth-order valence-corrected chi connectivity index (χ4v) is 1.78. The number of hydrogen-bond donors (Lipinski definition) is 2. The molecule has 0 aliphatic carbocycles. The molecular weight excluding hydrogens is 208 g/mol. The standard InChI is InChI=1S/C12H11ClN2/c13-9-6-7-10(14)12(15)11(9)8-4-2-1-3-5-8/h1-7H,14-15H2. The molecule has 15 heavy (non-hydrogen) atoms. The number of hydrogen-bond acceptors (Lipinski definition) is 2. The van der Waals surface area contributed by atoms with Crippen molar-refractivity contribution in [2.75, 3.05) is 11.5 Å². The summed E-state index contributed by atoms with van der Waals surface area (Å²) in [6, 6.07) is 13.2. The van der Waals surface area contributed by atoms with Gasteiger partial charge in [0.05, 0.1) is 16.4 Å². The van der Waals surface area contributed by atoms with Crippen LogP contribution in [0.3, 0.4) is 0 Å². The quantitative estimate of drug-likeness (QED) is 0.723. The fraction of sp³-hybridized carbons (Fsp3) is 0. The molecule has 0 saturated heterocycles. The molecule has 76 valence electrons. The largest absolute Gasteiger partial charge is 0.397 e. The summed E-state index contributed by atoms with van der Waals surface area (Å²) in [4.78, 5) is 0. The van der Waals surface area contributed by atoms with E-state index in [1.54, 1.807) is 12.1 Å². The van der Waals surface area contributed by atoms with Gasteiger partial charge in [0.15, 0.2) is 0 Å². The van der Waals surface area contributed by atoms with Gasteiger partial charge in [-0.1, -0.05) is 41.9 Å². The summed E-state index contributed by atoms with van der Waals surface area (Å²) in [5.41, 5.74) is 14.5. The van der Waals surface area contributed by atoms with Crippen molar-refractivity contribution >= 4 is 23.0 Å². The second kappa shape index (κ2) is 3.83. The van der Waals surface area contributed by atoms with Gasteiger partial charge in [-0.15, -0.1) is 0 Å². The topological polar surface area (TPSA) is 52.0 Å². The van der Waals surface area contributed by atoms with Gasteiger partial charge in [-0.2, -0.15) is 0 Å². The third-order valence-corrected chi connectivity index (χ3v) is 2.61. The summed E-state index contributed by atoms with van der Waals surface area (Å²) < 4.78 is 0. The summed E-state index contributed by atoms with van der Waals surface area (Å²) >= 11 is 6.10. The van der Waals surface area contributed by atoms with Gasteiger partial charge in [-0.05, 0) is 17.7 Å². The zero-order valence-corrected chi connectivity index (χ0v) is 8.83. The Kier molecular flexibility index (Phi) is 2.52. The van der Waals surface area contributed by atoms with Crippen LogP contribution in [0.4, 0.5) is 11.4 Å². The Hall–Kier alpha value is -1.67. The van der Waals surface area contributed by atoms with E-state index in [1.165, 1.54) is 0 Å². The van der Waals surface area contributed by atoms with Crippen LogP contribution in [0.5, 0.6) is 0 Å². The first-order valence-corrected chi connectivity index (χ1v) is 4.97. The first kappa shape index (κ1) is 9.87. The van der Waals surface area contributed by atoms with Gasteiger partial charge in [0, 0.05) is 5.56 Å². The van der Waals surface area contributed by atoms with E-state index in [-0.39, 0.29) is 0 Å². The minimum atomic E-state index is 0.536. The number of nitrogens with two attached hydrogens (primary N) is 2. The Balaban J connectivity index is 2.68. The maximum absolute atomic E-state index is 6.10. The Labute approximate surface area is 93.5 Å². The van der Waals surface area contributed by atoms with E-state index in [9.17, 15) is 0 Å². The molecule has 2 aromatic carbocycles. The van der Waals surface area contributed by atoms with Gasteiger partial charge in [-0.3, -0.25) is 0 Å². The van der Waals surface area contributed by atoms with E-state index in [2.05, 4.69) is 0 Å². The van der Waals surface area contributed by atoms with Crippen LogP contribution >= 0.6 is 11.6 Å². The molecule has 0 heterocycles. The van der Waals surface area contributed by atoms with Crippen molar-refractivity contribution in [3.05, 3.63) is 47.5 Å². The van der Waals surface area contributed by atoms with Crippen molar-refractivity contribution < 1.29 is 0 Å². The molecule has 0 fully saturated rings. The molecule has 2 nitrogen and oxygen atoms in total. The van der Waals surface area contributed by atoms with E-state index in [4.69, 9.17) is 23.1 Å². The Morgan fingerprint density at radius 1 is 0.867 bits per heavy atom. The lowest BCUT2D eigenvalue weighted by molar-refractivity contribution is 1.60. The van der Waals surface area contributed by atoms with Crippen LogP contribution in [0.15, 0.2) is 42.5 Å². The van der Waals surface area contributed by atoms with Crippen LogP contribution in [-0.2, 0) is 0 Å². The Morgan fingerprint density at radius 3 is 2.20 bits per heavy atom. The average Bonchev–Trinajstić information content (AvgIpc) is 2.26. The SMILES string of the molecule is Nc1ccc(Cl)c(-c2ccccc2)c1N. The minimum absolute atomic E-state index is 0.536. The smallest absolute Gasteiger partial charge is 0.0642 e. The van der Waals surface area contributed by atoms with Crippen molar-refractivity contribution in [2.45, 2.75) is 0 Å². The number of halogens is 1. The normalized spacial score (nSPS) is 10.2. The van der Waals surface area contributed by atoms with Crippen molar-refractivity contribution in [1.82, 2.24) is 0 Å². The van der Waals surface area contributed by atoms with Crippen LogP contribution in [0, 0.1) is 0 Å². The van der Waals surface area contributed by atoms with Crippen LogP contribution in [0.25, 0.3) is 11.1 Å². The molecule has 2 aromatic rings. The fourth-order valence-electron chi connectivity index (χ4n) is 1.51. The molecule has 0 aromatic heterocycles. The molecule has 0 bridgehead atoms. The third kappa shape index (κ3) is 1.76. The Bertz CT molecular complexity index is 480. The van der Waals surface area contributed by atoms with Gasteiger partial charge < -0.3 is 11.5 Å². The van der Waals surface area contributed by atoms with Crippen molar-refractivity contribution in [3.8, 4) is 11.1 Å². The zero-order chi connectivity index (χ0) is 10.8. The highest BCUT2D eigenvalue weighted by Gasteiger charge is 2.09. The molecule has 4 N–H and O–H groups in total. The molecule has 0 saturated carbocycles. The highest BCUT2D eigenvalue weighted by molar-refractivity contribution is 6.34. The average molecular weight is 219 g/mol. The predicted molar refractivity (Wildman–Crippen MR) is 65.7 cm³/mol. The van der Waals surface area contributed by atoms with Crippen LogP contribution < -0.4 is 11.5 Å². The van der Waals surface area contributed by atoms with Crippen LogP contribution in [0.1, 0.15) is 0 Å². The molecule has 3 heteroatoms. The first-order valence-electron chi connectivity index (χ1n) is 4.59. The molecule has 0 aliphatic rings. The third-order valence-electron chi connectivity index (χ3n) is 2.29. The van der Waals surface area contributed by atoms with Crippen molar-refractivity contribution in [1.29, 1.82) is 0 Å². The number of anilines is 2. The van der Waals surface area contributed by atoms with Crippen LogP contribution in [0.2, 0.25) is 5.02 Å². The zero-order valence-electron chi connectivity index (χ0n) is 8.07. The van der Waals surface area contributed by atoms with Gasteiger partial charge in [0.25, 0.3) is 0 Å². The summed E-state index contributed by atoms with van der Waals surface area (Å²) in [6.07, 6.45) is 0. The summed E-state index contributed by atoms with van der Waals surface area (Å²) in [5, 5.41) is 0.618. The summed E-state index contributed by atoms with van der Waals surface area (Å²) in [5.74, 6) is 0. The highest BCUT2D eigenvalue weighted by atomic mass is 35.5. The summed E-state index contributed by atoms with van der Waals surface area (Å²) in [6.45, 7) is 0. The molecule has 0 unspecified atom stereocenters. The van der Waals surface area contributed by atoms with E-state index in [1.807, 2.05) is 30.3 Å². The Morgan fingerprint density at radius 2 is 1.53 bits per heavy atom. The van der Waals surface area contributed by atoms with Crippen molar-refractivity contribution in [2.24, 2.45) is 0 Å². The molecular formula is C12H11ClN2. The lowest BCUT2D eigenvalue weighted by atomic mass is 10.0. The summed E-state index contributed by atoms with van der Waals surface area (Å²) in [7, 11) is 0. The maximum atomic E-state index is 6.10. The minimum Gasteiger partial charge on any atom is -0.397 e. The van der Waals surface area contributed by atoms with Gasteiger partial charge in [-0.25, -0.2) is 0 Å². The maximum Gasteiger partial charge on any atom is 0.0642 e. The molecule has 0 aliphatic heterocycles. The molecule has 0 radical (unpaired) electrons. The molecule has 0 amide bonds. The second-order valence-corrected chi connectivity index (χ2v) is 3.70. The van der Waals surface area contributed by atoms with Gasteiger partial charge in [0.1, 0.15) is 0 Å².